The van der Waals surface area contributed by atoms with E-state index in [0.29, 0.717) is 12.1 Å². The van der Waals surface area contributed by atoms with Gasteiger partial charge in [-0.3, -0.25) is 9.69 Å². The molecule has 1 aliphatic rings. The number of benzene rings is 1. The normalized spacial score (nSPS) is 17.0. The van der Waals surface area contributed by atoms with Crippen LogP contribution in [0.3, 0.4) is 0 Å². The van der Waals surface area contributed by atoms with E-state index in [-0.39, 0.29) is 18.1 Å². The van der Waals surface area contributed by atoms with Crippen molar-refractivity contribution >= 4 is 17.2 Å². The van der Waals surface area contributed by atoms with Gasteiger partial charge in [-0.05, 0) is 81.4 Å². The van der Waals surface area contributed by atoms with E-state index in [4.69, 9.17) is 4.74 Å². The van der Waals surface area contributed by atoms with Crippen LogP contribution in [-0.4, -0.2) is 36.5 Å². The lowest BCUT2D eigenvalue weighted by atomic mass is 9.97. The molecule has 0 aliphatic carbocycles. The molecule has 0 spiro atoms. The third-order valence-electron chi connectivity index (χ3n) is 5.07. The molecule has 1 saturated heterocycles. The van der Waals surface area contributed by atoms with E-state index in [1.165, 1.54) is 17.7 Å². The maximum Gasteiger partial charge on any atom is 0.251 e. The van der Waals surface area contributed by atoms with Gasteiger partial charge >= 0.3 is 0 Å². The van der Waals surface area contributed by atoms with Gasteiger partial charge in [-0.1, -0.05) is 13.0 Å². The Labute approximate surface area is 166 Å². The van der Waals surface area contributed by atoms with Crippen LogP contribution in [0.15, 0.2) is 41.8 Å². The zero-order chi connectivity index (χ0) is 19.2. The Balaban J connectivity index is 1.62. The molecule has 3 rings (SSSR count). The molecule has 1 fully saturated rings. The first-order chi connectivity index (χ1) is 13.0. The lowest BCUT2D eigenvalue weighted by Crippen LogP contribution is -2.41. The SMILES string of the molecule is CC1CCN([C@H](CNC(=O)c2ccc(OC(C)C)cc2)c2cccs2)CC1. The number of piperidine rings is 1. The van der Waals surface area contributed by atoms with Crippen LogP contribution in [0, 0.1) is 5.92 Å². The highest BCUT2D eigenvalue weighted by Gasteiger charge is 2.25. The number of likely N-dealkylation sites (tertiary alicyclic amines) is 1. The van der Waals surface area contributed by atoms with Crippen LogP contribution >= 0.6 is 11.3 Å². The monoisotopic (exact) mass is 386 g/mol. The van der Waals surface area contributed by atoms with Gasteiger partial charge in [0.25, 0.3) is 5.91 Å². The van der Waals surface area contributed by atoms with Crippen LogP contribution < -0.4 is 10.1 Å². The fourth-order valence-electron chi connectivity index (χ4n) is 3.48. The van der Waals surface area contributed by atoms with Crippen molar-refractivity contribution < 1.29 is 9.53 Å². The average Bonchev–Trinajstić information content (AvgIpc) is 3.18. The number of amides is 1. The van der Waals surface area contributed by atoms with Crippen LogP contribution in [0.1, 0.15) is 54.9 Å². The van der Waals surface area contributed by atoms with E-state index in [9.17, 15) is 4.79 Å². The van der Waals surface area contributed by atoms with Crippen LogP contribution in [0.4, 0.5) is 0 Å². The van der Waals surface area contributed by atoms with E-state index < -0.39 is 0 Å². The molecule has 2 heterocycles. The summed E-state index contributed by atoms with van der Waals surface area (Å²) < 4.78 is 5.65. The van der Waals surface area contributed by atoms with E-state index in [2.05, 4.69) is 34.7 Å². The number of hydrogen-bond donors (Lipinski definition) is 1. The molecule has 2 aromatic rings. The highest BCUT2D eigenvalue weighted by atomic mass is 32.1. The first-order valence-corrected chi connectivity index (χ1v) is 10.7. The Bertz CT molecular complexity index is 704. The van der Waals surface area contributed by atoms with Crippen LogP contribution in [0.25, 0.3) is 0 Å². The number of ether oxygens (including phenoxy) is 1. The minimum Gasteiger partial charge on any atom is -0.491 e. The molecular weight excluding hydrogens is 356 g/mol. The van der Waals surface area contributed by atoms with E-state index >= 15 is 0 Å². The summed E-state index contributed by atoms with van der Waals surface area (Å²) in [5.41, 5.74) is 0.670. The van der Waals surface area contributed by atoms with Crippen LogP contribution in [0.2, 0.25) is 0 Å². The summed E-state index contributed by atoms with van der Waals surface area (Å²) in [5.74, 6) is 1.56. The fourth-order valence-corrected chi connectivity index (χ4v) is 4.34. The summed E-state index contributed by atoms with van der Waals surface area (Å²) in [5, 5.41) is 5.26. The lowest BCUT2D eigenvalue weighted by molar-refractivity contribution is 0.0915. The van der Waals surface area contributed by atoms with Crippen LogP contribution in [0.5, 0.6) is 5.75 Å². The largest absolute Gasteiger partial charge is 0.491 e. The number of rotatable bonds is 7. The lowest BCUT2D eigenvalue weighted by Gasteiger charge is -2.36. The van der Waals surface area contributed by atoms with Crippen molar-refractivity contribution in [3.63, 3.8) is 0 Å². The van der Waals surface area contributed by atoms with E-state index in [0.717, 1.165) is 24.8 Å². The van der Waals surface area contributed by atoms with E-state index in [1.54, 1.807) is 11.3 Å². The second-order valence-corrected chi connectivity index (χ2v) is 8.63. The molecule has 1 aromatic carbocycles. The van der Waals surface area contributed by atoms with Gasteiger partial charge in [0, 0.05) is 17.0 Å². The summed E-state index contributed by atoms with van der Waals surface area (Å²) in [6.07, 6.45) is 2.59. The van der Waals surface area contributed by atoms with Gasteiger partial charge in [-0.25, -0.2) is 0 Å². The highest BCUT2D eigenvalue weighted by Crippen LogP contribution is 2.29. The topological polar surface area (TPSA) is 41.6 Å². The average molecular weight is 387 g/mol. The third-order valence-corrected chi connectivity index (χ3v) is 6.05. The summed E-state index contributed by atoms with van der Waals surface area (Å²) in [6.45, 7) is 9.14. The summed E-state index contributed by atoms with van der Waals surface area (Å²) >= 11 is 1.77. The van der Waals surface area contributed by atoms with Crippen molar-refractivity contribution in [3.05, 3.63) is 52.2 Å². The second kappa shape index (κ2) is 9.38. The van der Waals surface area contributed by atoms with Gasteiger partial charge in [0.2, 0.25) is 0 Å². The third kappa shape index (κ3) is 5.56. The molecule has 0 unspecified atom stereocenters. The van der Waals surface area contributed by atoms with Gasteiger partial charge < -0.3 is 10.1 Å². The van der Waals surface area contributed by atoms with E-state index in [1.807, 2.05) is 38.1 Å². The van der Waals surface area contributed by atoms with Gasteiger partial charge in [0.1, 0.15) is 5.75 Å². The number of carbonyl (C=O) groups excluding carboxylic acids is 1. The predicted molar refractivity (Wildman–Crippen MR) is 112 cm³/mol. The number of carbonyl (C=O) groups is 1. The molecule has 0 bridgehead atoms. The molecule has 1 aromatic heterocycles. The summed E-state index contributed by atoms with van der Waals surface area (Å²) in [6, 6.07) is 11.9. The molecule has 0 radical (unpaired) electrons. The Morgan fingerprint density at radius 2 is 1.93 bits per heavy atom. The molecule has 27 heavy (non-hydrogen) atoms. The van der Waals surface area contributed by atoms with Crippen molar-refractivity contribution in [1.29, 1.82) is 0 Å². The first-order valence-electron chi connectivity index (χ1n) is 9.85. The van der Waals surface area contributed by atoms with Crippen molar-refractivity contribution in [3.8, 4) is 5.75 Å². The minimum atomic E-state index is -0.0296. The van der Waals surface area contributed by atoms with Gasteiger partial charge in [-0.15, -0.1) is 11.3 Å². The molecule has 1 atom stereocenters. The zero-order valence-corrected chi connectivity index (χ0v) is 17.3. The van der Waals surface area contributed by atoms with Crippen molar-refractivity contribution in [2.24, 2.45) is 5.92 Å². The second-order valence-electron chi connectivity index (χ2n) is 7.65. The smallest absolute Gasteiger partial charge is 0.251 e. The number of hydrogen-bond acceptors (Lipinski definition) is 4. The standard InChI is InChI=1S/C22H30N2O2S/c1-16(2)26-19-8-6-18(7-9-19)22(25)23-15-20(21-5-4-14-27-21)24-12-10-17(3)11-13-24/h4-9,14,16-17,20H,10-13,15H2,1-3H3,(H,23,25)/t20-/m1/s1. The van der Waals surface area contributed by atoms with Crippen molar-refractivity contribution in [2.75, 3.05) is 19.6 Å². The van der Waals surface area contributed by atoms with Gasteiger partial charge in [0.05, 0.1) is 12.1 Å². The Kier molecular flexibility index (Phi) is 6.91. The fraction of sp³-hybridized carbons (Fsp3) is 0.500. The molecule has 0 saturated carbocycles. The molecule has 1 aliphatic heterocycles. The Hall–Kier alpha value is -1.85. The summed E-state index contributed by atoms with van der Waals surface area (Å²) in [7, 11) is 0. The maximum atomic E-state index is 12.6. The van der Waals surface area contributed by atoms with Crippen LogP contribution in [-0.2, 0) is 0 Å². The number of thiophene rings is 1. The first kappa shape index (κ1) is 19.9. The number of nitrogens with zero attached hydrogens (tertiary/aromatic N) is 1. The molecule has 4 nitrogen and oxygen atoms in total. The Morgan fingerprint density at radius 1 is 1.22 bits per heavy atom. The zero-order valence-electron chi connectivity index (χ0n) is 16.5. The molecule has 1 N–H and O–H groups in total. The summed E-state index contributed by atoms with van der Waals surface area (Å²) in [4.78, 5) is 16.5. The minimum absolute atomic E-state index is 0.0296. The molecule has 146 valence electrons. The van der Waals surface area contributed by atoms with Gasteiger partial charge in [0.15, 0.2) is 0 Å². The van der Waals surface area contributed by atoms with Crippen molar-refractivity contribution in [2.45, 2.75) is 45.8 Å². The van der Waals surface area contributed by atoms with Gasteiger partial charge in [-0.2, -0.15) is 0 Å². The highest BCUT2D eigenvalue weighted by molar-refractivity contribution is 7.10. The Morgan fingerprint density at radius 3 is 2.52 bits per heavy atom. The molecular formula is C22H30N2O2S. The number of nitrogens with one attached hydrogen (secondary N) is 1. The molecule has 1 amide bonds. The quantitative estimate of drug-likeness (QED) is 0.747. The van der Waals surface area contributed by atoms with Crippen molar-refractivity contribution in [1.82, 2.24) is 10.2 Å². The predicted octanol–water partition coefficient (Wildman–Crippen LogP) is 4.74. The molecule has 5 heteroatoms. The maximum absolute atomic E-state index is 12.6.